The third-order valence-corrected chi connectivity index (χ3v) is 2.55. The van der Waals surface area contributed by atoms with Gasteiger partial charge in [-0.2, -0.15) is 0 Å². The number of carboxylic acid groups (broad SMARTS) is 1. The SMILES string of the molecule is CC(C)c1ccc(C(CC(=O)O)N=[N+]=[N-])cc1. The summed E-state index contributed by atoms with van der Waals surface area (Å²) in [6, 6.07) is 6.86. The zero-order valence-corrected chi connectivity index (χ0v) is 9.87. The monoisotopic (exact) mass is 233 g/mol. The number of carboxylic acids is 1. The summed E-state index contributed by atoms with van der Waals surface area (Å²) in [6.07, 6.45) is -0.189. The molecule has 17 heavy (non-hydrogen) atoms. The number of carbonyl (C=O) groups is 1. The fourth-order valence-electron chi connectivity index (χ4n) is 1.56. The van der Waals surface area contributed by atoms with Gasteiger partial charge >= 0.3 is 5.97 Å². The van der Waals surface area contributed by atoms with Crippen LogP contribution in [0.25, 0.3) is 10.4 Å². The molecule has 0 fully saturated rings. The fraction of sp³-hybridized carbons (Fsp3) is 0.417. The Balaban J connectivity index is 2.94. The molecule has 0 spiro atoms. The van der Waals surface area contributed by atoms with Crippen molar-refractivity contribution in [1.29, 1.82) is 0 Å². The molecule has 0 saturated carbocycles. The van der Waals surface area contributed by atoms with Gasteiger partial charge in [-0.25, -0.2) is 0 Å². The van der Waals surface area contributed by atoms with E-state index in [1.165, 1.54) is 5.56 Å². The Morgan fingerprint density at radius 1 is 1.35 bits per heavy atom. The highest BCUT2D eigenvalue weighted by molar-refractivity contribution is 5.68. The van der Waals surface area contributed by atoms with E-state index in [1.54, 1.807) is 0 Å². The first-order valence-corrected chi connectivity index (χ1v) is 5.40. The molecule has 0 aliphatic heterocycles. The molecule has 5 nitrogen and oxygen atoms in total. The number of aliphatic carboxylic acids is 1. The van der Waals surface area contributed by atoms with Crippen molar-refractivity contribution in [2.24, 2.45) is 5.11 Å². The summed E-state index contributed by atoms with van der Waals surface area (Å²) in [4.78, 5) is 13.3. The van der Waals surface area contributed by atoms with Crippen molar-refractivity contribution in [3.8, 4) is 0 Å². The van der Waals surface area contributed by atoms with Crippen molar-refractivity contribution >= 4 is 5.97 Å². The summed E-state index contributed by atoms with van der Waals surface area (Å²) in [5.41, 5.74) is 10.3. The van der Waals surface area contributed by atoms with E-state index < -0.39 is 12.0 Å². The topological polar surface area (TPSA) is 86.1 Å². The summed E-state index contributed by atoms with van der Waals surface area (Å²) in [5.74, 6) is -0.559. The molecule has 5 heteroatoms. The Morgan fingerprint density at radius 2 is 1.88 bits per heavy atom. The first-order valence-electron chi connectivity index (χ1n) is 5.40. The minimum atomic E-state index is -0.977. The first-order chi connectivity index (χ1) is 8.04. The lowest BCUT2D eigenvalue weighted by Crippen LogP contribution is -2.03. The number of azide groups is 1. The van der Waals surface area contributed by atoms with E-state index in [9.17, 15) is 4.79 Å². The van der Waals surface area contributed by atoms with Gasteiger partial charge in [0.05, 0.1) is 12.5 Å². The summed E-state index contributed by atoms with van der Waals surface area (Å²) in [5, 5.41) is 12.2. The summed E-state index contributed by atoms with van der Waals surface area (Å²) in [7, 11) is 0. The van der Waals surface area contributed by atoms with E-state index in [1.807, 2.05) is 24.3 Å². The number of benzene rings is 1. The zero-order chi connectivity index (χ0) is 12.8. The van der Waals surface area contributed by atoms with Crippen LogP contribution in [-0.4, -0.2) is 11.1 Å². The van der Waals surface area contributed by atoms with Crippen molar-refractivity contribution in [2.45, 2.75) is 32.2 Å². The largest absolute Gasteiger partial charge is 0.481 e. The fourth-order valence-corrected chi connectivity index (χ4v) is 1.56. The Morgan fingerprint density at radius 3 is 2.29 bits per heavy atom. The average Bonchev–Trinajstić information content (AvgIpc) is 2.28. The predicted octanol–water partition coefficient (Wildman–Crippen LogP) is 3.64. The van der Waals surface area contributed by atoms with Crippen LogP contribution in [0.15, 0.2) is 29.4 Å². The highest BCUT2D eigenvalue weighted by Gasteiger charge is 2.13. The van der Waals surface area contributed by atoms with Crippen LogP contribution in [0.4, 0.5) is 0 Å². The van der Waals surface area contributed by atoms with Gasteiger partial charge in [-0.05, 0) is 22.6 Å². The van der Waals surface area contributed by atoms with E-state index in [2.05, 4.69) is 23.9 Å². The van der Waals surface area contributed by atoms with E-state index in [0.29, 0.717) is 5.92 Å². The van der Waals surface area contributed by atoms with Gasteiger partial charge in [0.1, 0.15) is 0 Å². The lowest BCUT2D eigenvalue weighted by Gasteiger charge is -2.11. The van der Waals surface area contributed by atoms with Gasteiger partial charge in [0.2, 0.25) is 0 Å². The molecule has 0 saturated heterocycles. The van der Waals surface area contributed by atoms with Crippen LogP contribution in [0, 0.1) is 0 Å². The first kappa shape index (κ1) is 13.1. The molecule has 1 N–H and O–H groups in total. The van der Waals surface area contributed by atoms with Gasteiger partial charge in [-0.15, -0.1) is 0 Å². The van der Waals surface area contributed by atoms with Gasteiger partial charge in [0.15, 0.2) is 0 Å². The molecule has 1 aromatic rings. The van der Waals surface area contributed by atoms with Gasteiger partial charge in [0, 0.05) is 4.91 Å². The van der Waals surface area contributed by atoms with Crippen molar-refractivity contribution in [2.75, 3.05) is 0 Å². The number of hydrogen-bond donors (Lipinski definition) is 1. The van der Waals surface area contributed by atoms with E-state index >= 15 is 0 Å². The maximum absolute atomic E-state index is 10.6. The van der Waals surface area contributed by atoms with Crippen molar-refractivity contribution in [3.05, 3.63) is 45.8 Å². The van der Waals surface area contributed by atoms with Gasteiger partial charge in [0.25, 0.3) is 0 Å². The third-order valence-electron chi connectivity index (χ3n) is 2.55. The third kappa shape index (κ3) is 3.81. The maximum atomic E-state index is 10.6. The highest BCUT2D eigenvalue weighted by Crippen LogP contribution is 2.24. The zero-order valence-electron chi connectivity index (χ0n) is 9.87. The van der Waals surface area contributed by atoms with Crippen molar-refractivity contribution < 1.29 is 9.90 Å². The molecule has 1 unspecified atom stereocenters. The van der Waals surface area contributed by atoms with E-state index in [4.69, 9.17) is 10.6 Å². The summed E-state index contributed by atoms with van der Waals surface area (Å²) in [6.45, 7) is 4.16. The van der Waals surface area contributed by atoms with Gasteiger partial charge in [-0.3, -0.25) is 4.79 Å². The molecule has 0 amide bonds. The normalized spacial score (nSPS) is 11.9. The molecular formula is C12H15N3O2. The Hall–Kier alpha value is -2.00. The second-order valence-electron chi connectivity index (χ2n) is 4.14. The summed E-state index contributed by atoms with van der Waals surface area (Å²) >= 11 is 0. The van der Waals surface area contributed by atoms with Crippen LogP contribution < -0.4 is 0 Å². The maximum Gasteiger partial charge on any atom is 0.304 e. The van der Waals surface area contributed by atoms with Crippen LogP contribution >= 0.6 is 0 Å². The lowest BCUT2D eigenvalue weighted by molar-refractivity contribution is -0.137. The van der Waals surface area contributed by atoms with Crippen LogP contribution in [0.3, 0.4) is 0 Å². The number of rotatable bonds is 5. The minimum Gasteiger partial charge on any atom is -0.481 e. The Labute approximate surface area is 99.7 Å². The molecule has 0 aliphatic rings. The van der Waals surface area contributed by atoms with Gasteiger partial charge < -0.3 is 5.11 Å². The average molecular weight is 233 g/mol. The van der Waals surface area contributed by atoms with Crippen LogP contribution in [0.2, 0.25) is 0 Å². The second kappa shape index (κ2) is 5.92. The van der Waals surface area contributed by atoms with E-state index in [0.717, 1.165) is 5.56 Å². The number of nitrogens with zero attached hydrogens (tertiary/aromatic N) is 3. The predicted molar refractivity (Wildman–Crippen MR) is 64.7 cm³/mol. The number of hydrogen-bond acceptors (Lipinski definition) is 2. The van der Waals surface area contributed by atoms with Crippen LogP contribution in [0.5, 0.6) is 0 Å². The Bertz CT molecular complexity index is 434. The molecule has 1 rings (SSSR count). The Kier molecular flexibility index (Phi) is 4.55. The second-order valence-corrected chi connectivity index (χ2v) is 4.14. The molecule has 0 radical (unpaired) electrons. The molecule has 0 bridgehead atoms. The molecule has 0 heterocycles. The molecule has 1 aromatic carbocycles. The van der Waals surface area contributed by atoms with Crippen molar-refractivity contribution in [3.63, 3.8) is 0 Å². The summed E-state index contributed by atoms with van der Waals surface area (Å²) < 4.78 is 0. The van der Waals surface area contributed by atoms with Crippen LogP contribution in [0.1, 0.15) is 43.4 Å². The molecule has 0 aliphatic carbocycles. The van der Waals surface area contributed by atoms with Crippen molar-refractivity contribution in [1.82, 2.24) is 0 Å². The minimum absolute atomic E-state index is 0.189. The molecule has 90 valence electrons. The lowest BCUT2D eigenvalue weighted by atomic mass is 9.98. The highest BCUT2D eigenvalue weighted by atomic mass is 16.4. The van der Waals surface area contributed by atoms with Gasteiger partial charge in [-0.1, -0.05) is 43.2 Å². The van der Waals surface area contributed by atoms with E-state index in [-0.39, 0.29) is 6.42 Å². The molecule has 1 atom stereocenters. The molecular weight excluding hydrogens is 218 g/mol. The van der Waals surface area contributed by atoms with Crippen LogP contribution in [-0.2, 0) is 4.79 Å². The standard InChI is InChI=1S/C12H15N3O2/c1-8(2)9-3-5-10(6-4-9)11(14-15-13)7-12(16)17/h3-6,8,11H,7H2,1-2H3,(H,16,17). The quantitative estimate of drug-likeness (QED) is 0.478. The smallest absolute Gasteiger partial charge is 0.304 e. The molecule has 0 aromatic heterocycles.